The molecule has 0 aromatic carbocycles. The van der Waals surface area contributed by atoms with Crippen molar-refractivity contribution >= 4 is 6.03 Å². The third-order valence-corrected chi connectivity index (χ3v) is 2.80. The van der Waals surface area contributed by atoms with Gasteiger partial charge in [-0.2, -0.15) is 0 Å². The number of hydrogen-bond donors (Lipinski definition) is 2. The molecule has 0 aliphatic heterocycles. The van der Waals surface area contributed by atoms with E-state index in [2.05, 4.69) is 24.5 Å². The molecule has 0 bridgehead atoms. The van der Waals surface area contributed by atoms with Crippen LogP contribution in [0.5, 0.6) is 0 Å². The molecule has 2 amide bonds. The van der Waals surface area contributed by atoms with Crippen molar-refractivity contribution in [3.05, 3.63) is 0 Å². The number of nitrogens with one attached hydrogen (secondary N) is 2. The third kappa shape index (κ3) is 3.25. The Morgan fingerprint density at radius 3 is 2.31 bits per heavy atom. The molecular formula is C10H20N2O. The minimum Gasteiger partial charge on any atom is -0.335 e. The van der Waals surface area contributed by atoms with Gasteiger partial charge < -0.3 is 10.6 Å². The monoisotopic (exact) mass is 184 g/mol. The molecule has 3 nitrogen and oxygen atoms in total. The van der Waals surface area contributed by atoms with Crippen LogP contribution in [-0.4, -0.2) is 18.1 Å². The first-order valence-electron chi connectivity index (χ1n) is 5.16. The SMILES string of the molecule is CC(C)C(C)NC(=O)NC1CCC1. The van der Waals surface area contributed by atoms with Crippen LogP contribution in [-0.2, 0) is 0 Å². The Kier molecular flexibility index (Phi) is 3.58. The van der Waals surface area contributed by atoms with Gasteiger partial charge in [0.2, 0.25) is 0 Å². The summed E-state index contributed by atoms with van der Waals surface area (Å²) >= 11 is 0. The van der Waals surface area contributed by atoms with E-state index in [1.165, 1.54) is 6.42 Å². The standard InChI is InChI=1S/C10H20N2O/c1-7(2)8(3)11-10(13)12-9-5-4-6-9/h7-9H,4-6H2,1-3H3,(H2,11,12,13). The smallest absolute Gasteiger partial charge is 0.315 e. The molecule has 0 aromatic heterocycles. The van der Waals surface area contributed by atoms with Crippen LogP contribution in [0.3, 0.4) is 0 Å². The van der Waals surface area contributed by atoms with E-state index >= 15 is 0 Å². The zero-order valence-corrected chi connectivity index (χ0v) is 8.76. The Labute approximate surface area is 80.3 Å². The average molecular weight is 184 g/mol. The Balaban J connectivity index is 2.16. The number of carbonyl (C=O) groups excluding carboxylic acids is 1. The lowest BCUT2D eigenvalue weighted by atomic mass is 9.93. The third-order valence-electron chi connectivity index (χ3n) is 2.80. The molecule has 1 aliphatic rings. The van der Waals surface area contributed by atoms with Gasteiger partial charge >= 0.3 is 6.03 Å². The maximum absolute atomic E-state index is 11.3. The fraction of sp³-hybridized carbons (Fsp3) is 0.900. The summed E-state index contributed by atoms with van der Waals surface area (Å²) in [6.07, 6.45) is 3.54. The van der Waals surface area contributed by atoms with E-state index in [1.807, 2.05) is 6.92 Å². The molecule has 0 spiro atoms. The molecule has 13 heavy (non-hydrogen) atoms. The van der Waals surface area contributed by atoms with Crippen LogP contribution < -0.4 is 10.6 Å². The molecule has 0 aromatic rings. The second kappa shape index (κ2) is 4.49. The van der Waals surface area contributed by atoms with E-state index in [0.29, 0.717) is 12.0 Å². The van der Waals surface area contributed by atoms with Crippen molar-refractivity contribution in [3.63, 3.8) is 0 Å². The van der Waals surface area contributed by atoms with Crippen molar-refractivity contribution in [1.29, 1.82) is 0 Å². The number of rotatable bonds is 3. The number of carbonyl (C=O) groups is 1. The quantitative estimate of drug-likeness (QED) is 0.691. The highest BCUT2D eigenvalue weighted by molar-refractivity contribution is 5.74. The lowest BCUT2D eigenvalue weighted by Gasteiger charge is -2.27. The topological polar surface area (TPSA) is 41.1 Å². The molecule has 0 radical (unpaired) electrons. The first kappa shape index (κ1) is 10.4. The summed E-state index contributed by atoms with van der Waals surface area (Å²) < 4.78 is 0. The fourth-order valence-corrected chi connectivity index (χ4v) is 1.15. The molecule has 1 aliphatic carbocycles. The zero-order chi connectivity index (χ0) is 9.84. The van der Waals surface area contributed by atoms with Crippen LogP contribution in [0.2, 0.25) is 0 Å². The highest BCUT2D eigenvalue weighted by atomic mass is 16.2. The van der Waals surface area contributed by atoms with Crippen LogP contribution in [0.15, 0.2) is 0 Å². The van der Waals surface area contributed by atoms with Gasteiger partial charge in [0.05, 0.1) is 0 Å². The number of urea groups is 1. The minimum absolute atomic E-state index is 0.00843. The highest BCUT2D eigenvalue weighted by Gasteiger charge is 2.20. The van der Waals surface area contributed by atoms with Crippen molar-refractivity contribution in [2.75, 3.05) is 0 Å². The van der Waals surface area contributed by atoms with Gasteiger partial charge in [0.1, 0.15) is 0 Å². The molecule has 0 saturated heterocycles. The Morgan fingerprint density at radius 2 is 1.92 bits per heavy atom. The first-order chi connectivity index (χ1) is 6.09. The van der Waals surface area contributed by atoms with Crippen LogP contribution in [0.25, 0.3) is 0 Å². The zero-order valence-electron chi connectivity index (χ0n) is 8.76. The molecule has 3 heteroatoms. The van der Waals surface area contributed by atoms with Gasteiger partial charge in [-0.3, -0.25) is 0 Å². The second-order valence-electron chi connectivity index (χ2n) is 4.28. The summed E-state index contributed by atoms with van der Waals surface area (Å²) in [6.45, 7) is 6.24. The summed E-state index contributed by atoms with van der Waals surface area (Å²) in [5.74, 6) is 0.493. The molecule has 1 saturated carbocycles. The first-order valence-corrected chi connectivity index (χ1v) is 5.16. The minimum atomic E-state index is -0.00843. The van der Waals surface area contributed by atoms with Crippen molar-refractivity contribution in [2.45, 2.75) is 52.1 Å². The number of amides is 2. The Morgan fingerprint density at radius 1 is 1.31 bits per heavy atom. The largest absolute Gasteiger partial charge is 0.335 e. The van der Waals surface area contributed by atoms with Gasteiger partial charge in [0, 0.05) is 12.1 Å². The molecule has 1 fully saturated rings. The summed E-state index contributed by atoms with van der Waals surface area (Å²) in [7, 11) is 0. The lowest BCUT2D eigenvalue weighted by molar-refractivity contribution is 0.222. The number of hydrogen-bond acceptors (Lipinski definition) is 1. The molecule has 2 N–H and O–H groups in total. The lowest BCUT2D eigenvalue weighted by Crippen LogP contribution is -2.48. The van der Waals surface area contributed by atoms with E-state index in [4.69, 9.17) is 0 Å². The Hall–Kier alpha value is -0.730. The van der Waals surface area contributed by atoms with E-state index in [-0.39, 0.29) is 12.1 Å². The predicted octanol–water partition coefficient (Wildman–Crippen LogP) is 1.88. The van der Waals surface area contributed by atoms with Gasteiger partial charge in [-0.05, 0) is 32.1 Å². The van der Waals surface area contributed by atoms with Crippen molar-refractivity contribution in [2.24, 2.45) is 5.92 Å². The average Bonchev–Trinajstić information content (AvgIpc) is 1.96. The van der Waals surface area contributed by atoms with Gasteiger partial charge in [0.25, 0.3) is 0 Å². The highest BCUT2D eigenvalue weighted by Crippen LogP contribution is 2.17. The normalized spacial score (nSPS) is 19.4. The summed E-state index contributed by atoms with van der Waals surface area (Å²) in [5, 5.41) is 5.88. The molecule has 76 valence electrons. The van der Waals surface area contributed by atoms with E-state index < -0.39 is 0 Å². The fourth-order valence-electron chi connectivity index (χ4n) is 1.15. The van der Waals surface area contributed by atoms with Crippen molar-refractivity contribution < 1.29 is 4.79 Å². The van der Waals surface area contributed by atoms with Gasteiger partial charge in [-0.1, -0.05) is 13.8 Å². The van der Waals surface area contributed by atoms with Gasteiger partial charge in [-0.15, -0.1) is 0 Å². The molecular weight excluding hydrogens is 164 g/mol. The van der Waals surface area contributed by atoms with Crippen molar-refractivity contribution in [3.8, 4) is 0 Å². The van der Waals surface area contributed by atoms with Crippen LogP contribution in [0, 0.1) is 5.92 Å². The molecule has 1 atom stereocenters. The van der Waals surface area contributed by atoms with E-state index in [0.717, 1.165) is 12.8 Å². The molecule has 1 unspecified atom stereocenters. The second-order valence-corrected chi connectivity index (χ2v) is 4.28. The van der Waals surface area contributed by atoms with Crippen LogP contribution in [0.1, 0.15) is 40.0 Å². The van der Waals surface area contributed by atoms with Gasteiger partial charge in [0.15, 0.2) is 0 Å². The maximum atomic E-state index is 11.3. The van der Waals surface area contributed by atoms with E-state index in [1.54, 1.807) is 0 Å². The van der Waals surface area contributed by atoms with E-state index in [9.17, 15) is 4.79 Å². The predicted molar refractivity (Wildman–Crippen MR) is 53.6 cm³/mol. The maximum Gasteiger partial charge on any atom is 0.315 e. The Bertz CT molecular complexity index is 176. The molecule has 1 rings (SSSR count). The summed E-state index contributed by atoms with van der Waals surface area (Å²) in [5.41, 5.74) is 0. The summed E-state index contributed by atoms with van der Waals surface area (Å²) in [4.78, 5) is 11.3. The van der Waals surface area contributed by atoms with Crippen molar-refractivity contribution in [1.82, 2.24) is 10.6 Å². The van der Waals surface area contributed by atoms with Gasteiger partial charge in [-0.25, -0.2) is 4.79 Å². The molecule has 0 heterocycles. The summed E-state index contributed by atoms with van der Waals surface area (Å²) in [6, 6.07) is 0.672. The van der Waals surface area contributed by atoms with Crippen LogP contribution in [0.4, 0.5) is 4.79 Å². The van der Waals surface area contributed by atoms with Crippen LogP contribution >= 0.6 is 0 Å².